The minimum Gasteiger partial charge on any atom is -0.272 e. The number of hydroxylamine groups is 1. The van der Waals surface area contributed by atoms with Crippen LogP contribution in [0.15, 0.2) is 51.3 Å². The Morgan fingerprint density at radius 2 is 1.89 bits per heavy atom. The fourth-order valence-corrected chi connectivity index (χ4v) is 4.68. The third-order valence-electron chi connectivity index (χ3n) is 4.47. The lowest BCUT2D eigenvalue weighted by atomic mass is 10.1. The summed E-state index contributed by atoms with van der Waals surface area (Å²) >= 11 is 3.15. The Hall–Kier alpha value is -2.29. The third-order valence-corrected chi connectivity index (χ3v) is 6.56. The number of hydrogen-bond donors (Lipinski definition) is 1. The molecule has 8 heteroatoms. The van der Waals surface area contributed by atoms with Gasteiger partial charge < -0.3 is 0 Å². The molecule has 28 heavy (non-hydrogen) atoms. The molecule has 0 bridgehead atoms. The molecule has 1 aromatic carbocycles. The van der Waals surface area contributed by atoms with E-state index in [-0.39, 0.29) is 11.9 Å². The van der Waals surface area contributed by atoms with Crippen LogP contribution in [-0.2, 0) is 4.84 Å². The highest BCUT2D eigenvalue weighted by atomic mass is 32.2. The van der Waals surface area contributed by atoms with E-state index in [1.165, 1.54) is 33.6 Å². The number of halogens is 1. The molecule has 3 aromatic rings. The molecule has 0 saturated carbocycles. The fourth-order valence-electron chi connectivity index (χ4n) is 2.85. The number of aromatic nitrogens is 2. The maximum absolute atomic E-state index is 13.2. The highest BCUT2D eigenvalue weighted by Gasteiger charge is 2.24. The Morgan fingerprint density at radius 1 is 1.11 bits per heavy atom. The van der Waals surface area contributed by atoms with E-state index in [2.05, 4.69) is 34.7 Å². The van der Waals surface area contributed by atoms with Gasteiger partial charge in [-0.3, -0.25) is 9.83 Å². The largest absolute Gasteiger partial charge is 0.272 e. The van der Waals surface area contributed by atoms with Gasteiger partial charge in [-0.15, -0.1) is 16.4 Å². The van der Waals surface area contributed by atoms with Gasteiger partial charge in [0.15, 0.2) is 5.84 Å². The predicted molar refractivity (Wildman–Crippen MR) is 109 cm³/mol. The summed E-state index contributed by atoms with van der Waals surface area (Å²) in [5.74, 6) is 0.374. The van der Waals surface area contributed by atoms with Gasteiger partial charge >= 0.3 is 0 Å². The van der Waals surface area contributed by atoms with E-state index < -0.39 is 0 Å². The summed E-state index contributed by atoms with van der Waals surface area (Å²) < 4.78 is 13.2. The standard InChI is InChI=1S/C20H19FN4OS2/c1-11-4-9-17(27-11)16-10-26-25-19(22-16)18-12(2)13(3)23-24-20(18)28-15-7-5-14(21)6-8-15/h4-9,16H,10H2,1-3H3,(H,22,25)/t16-/m0/s1. The zero-order chi connectivity index (χ0) is 19.7. The van der Waals surface area contributed by atoms with Crippen molar-refractivity contribution in [3.63, 3.8) is 0 Å². The molecule has 4 rings (SSSR count). The average molecular weight is 415 g/mol. The zero-order valence-corrected chi connectivity index (χ0v) is 17.3. The first-order valence-electron chi connectivity index (χ1n) is 8.81. The van der Waals surface area contributed by atoms with Crippen LogP contribution >= 0.6 is 23.1 Å². The van der Waals surface area contributed by atoms with Gasteiger partial charge in [0.25, 0.3) is 0 Å². The molecule has 144 valence electrons. The molecule has 0 unspecified atom stereocenters. The van der Waals surface area contributed by atoms with Crippen LogP contribution in [0.3, 0.4) is 0 Å². The van der Waals surface area contributed by atoms with Gasteiger partial charge in [-0.2, -0.15) is 5.10 Å². The van der Waals surface area contributed by atoms with Crippen molar-refractivity contribution in [2.24, 2.45) is 4.99 Å². The summed E-state index contributed by atoms with van der Waals surface area (Å²) in [5.41, 5.74) is 5.63. The fraction of sp³-hybridized carbons (Fsp3) is 0.250. The molecule has 3 heterocycles. The number of thiophene rings is 1. The van der Waals surface area contributed by atoms with Crippen molar-refractivity contribution in [1.29, 1.82) is 0 Å². The van der Waals surface area contributed by atoms with Gasteiger partial charge in [0, 0.05) is 14.6 Å². The van der Waals surface area contributed by atoms with Crippen molar-refractivity contribution in [3.8, 4) is 0 Å². The van der Waals surface area contributed by atoms with Crippen LogP contribution in [0.25, 0.3) is 0 Å². The third kappa shape index (κ3) is 3.94. The number of amidine groups is 1. The van der Waals surface area contributed by atoms with Crippen LogP contribution in [0.4, 0.5) is 4.39 Å². The molecular weight excluding hydrogens is 395 g/mol. The number of nitrogens with zero attached hydrogens (tertiary/aromatic N) is 3. The van der Waals surface area contributed by atoms with Crippen LogP contribution in [0.2, 0.25) is 0 Å². The maximum Gasteiger partial charge on any atom is 0.156 e. The summed E-state index contributed by atoms with van der Waals surface area (Å²) in [6.45, 7) is 6.47. The molecule has 1 aliphatic heterocycles. The smallest absolute Gasteiger partial charge is 0.156 e. The van der Waals surface area contributed by atoms with Crippen LogP contribution in [0.1, 0.15) is 32.6 Å². The van der Waals surface area contributed by atoms with E-state index in [1.54, 1.807) is 23.5 Å². The second kappa shape index (κ2) is 7.98. The van der Waals surface area contributed by atoms with Crippen molar-refractivity contribution in [1.82, 2.24) is 15.7 Å². The molecule has 5 nitrogen and oxygen atoms in total. The molecular formula is C20H19FN4OS2. The lowest BCUT2D eigenvalue weighted by molar-refractivity contribution is 0.0627. The average Bonchev–Trinajstić information content (AvgIpc) is 3.13. The number of aryl methyl sites for hydroxylation is 2. The van der Waals surface area contributed by atoms with Crippen molar-refractivity contribution >= 4 is 28.9 Å². The number of benzene rings is 1. The first-order chi connectivity index (χ1) is 13.5. The Balaban J connectivity index is 1.74. The molecule has 1 N–H and O–H groups in total. The summed E-state index contributed by atoms with van der Waals surface area (Å²) in [7, 11) is 0. The second-order valence-corrected chi connectivity index (χ2v) is 8.88. The summed E-state index contributed by atoms with van der Waals surface area (Å²) in [5, 5.41) is 9.34. The SMILES string of the molecule is Cc1ccc([C@@H]2CONC(c3c(Sc4ccc(F)cc4)nnc(C)c3C)=N2)s1. The Bertz CT molecular complexity index is 1030. The highest BCUT2D eigenvalue weighted by molar-refractivity contribution is 7.99. The number of aliphatic imine (C=N–C) groups is 1. The summed E-state index contributed by atoms with van der Waals surface area (Å²) in [6, 6.07) is 10.4. The zero-order valence-electron chi connectivity index (χ0n) is 15.7. The summed E-state index contributed by atoms with van der Waals surface area (Å²) in [4.78, 5) is 13.8. The van der Waals surface area contributed by atoms with E-state index in [9.17, 15) is 4.39 Å². The van der Waals surface area contributed by atoms with E-state index in [1.807, 2.05) is 13.8 Å². The van der Waals surface area contributed by atoms with Gasteiger partial charge in [0.1, 0.15) is 23.5 Å². The van der Waals surface area contributed by atoms with E-state index >= 15 is 0 Å². The van der Waals surface area contributed by atoms with Gasteiger partial charge in [-0.05, 0) is 62.7 Å². The van der Waals surface area contributed by atoms with Crippen molar-refractivity contribution in [2.75, 3.05) is 6.61 Å². The monoisotopic (exact) mass is 414 g/mol. The van der Waals surface area contributed by atoms with Crippen LogP contribution in [0.5, 0.6) is 0 Å². The van der Waals surface area contributed by atoms with Gasteiger partial charge in [-0.1, -0.05) is 11.8 Å². The van der Waals surface area contributed by atoms with E-state index in [0.29, 0.717) is 17.5 Å². The molecule has 0 aliphatic carbocycles. The Kier molecular flexibility index (Phi) is 5.43. The quantitative estimate of drug-likeness (QED) is 0.666. The molecule has 1 aliphatic rings. The maximum atomic E-state index is 13.2. The number of rotatable bonds is 4. The molecule has 0 radical (unpaired) electrons. The van der Waals surface area contributed by atoms with E-state index in [4.69, 9.17) is 9.83 Å². The van der Waals surface area contributed by atoms with Gasteiger partial charge in [0.05, 0.1) is 11.3 Å². The first-order valence-corrected chi connectivity index (χ1v) is 10.4. The topological polar surface area (TPSA) is 59.4 Å². The predicted octanol–water partition coefficient (Wildman–Crippen LogP) is 4.78. The van der Waals surface area contributed by atoms with Crippen LogP contribution in [0, 0.1) is 26.6 Å². The number of hydrogen-bond acceptors (Lipinski definition) is 7. The first kappa shape index (κ1) is 19.0. The van der Waals surface area contributed by atoms with Crippen LogP contribution in [-0.4, -0.2) is 22.6 Å². The number of nitrogens with one attached hydrogen (secondary N) is 1. The lowest BCUT2D eigenvalue weighted by Crippen LogP contribution is -2.33. The van der Waals surface area contributed by atoms with Crippen molar-refractivity contribution in [2.45, 2.75) is 36.7 Å². The minimum atomic E-state index is -0.267. The lowest BCUT2D eigenvalue weighted by Gasteiger charge is -2.23. The summed E-state index contributed by atoms with van der Waals surface area (Å²) in [6.07, 6.45) is 0. The molecule has 0 amide bonds. The van der Waals surface area contributed by atoms with Crippen molar-refractivity contribution < 1.29 is 9.23 Å². The normalized spacial score (nSPS) is 16.6. The van der Waals surface area contributed by atoms with Gasteiger partial charge in [-0.25, -0.2) is 9.87 Å². The molecule has 0 saturated heterocycles. The Labute approximate surface area is 171 Å². The molecule has 1 atom stereocenters. The van der Waals surface area contributed by atoms with Crippen molar-refractivity contribution in [3.05, 3.63) is 68.8 Å². The Morgan fingerprint density at radius 3 is 2.61 bits per heavy atom. The molecule has 0 fully saturated rings. The minimum absolute atomic E-state index is 0.0634. The molecule has 2 aromatic heterocycles. The van der Waals surface area contributed by atoms with E-state index in [0.717, 1.165) is 21.7 Å². The van der Waals surface area contributed by atoms with Gasteiger partial charge in [0.2, 0.25) is 0 Å². The second-order valence-electron chi connectivity index (χ2n) is 6.50. The highest BCUT2D eigenvalue weighted by Crippen LogP contribution is 2.33. The van der Waals surface area contributed by atoms with Crippen LogP contribution < -0.4 is 5.48 Å². The molecule has 0 spiro atoms.